The number of nitrogens with zero attached hydrogens (tertiary/aromatic N) is 2. The molecule has 0 aliphatic heterocycles. The molecule has 0 aliphatic rings. The largest absolute Gasteiger partial charge is 0.311 e. The van der Waals surface area contributed by atoms with Crippen molar-refractivity contribution in [2.75, 3.05) is 9.80 Å². The van der Waals surface area contributed by atoms with Gasteiger partial charge in [-0.25, -0.2) is 0 Å². The van der Waals surface area contributed by atoms with Crippen molar-refractivity contribution in [3.8, 4) is 22.3 Å². The fraction of sp³-hybridized carbons (Fsp3) is 0.192. The Balaban J connectivity index is 1.12. The second-order valence-corrected chi connectivity index (χ2v) is 14.6. The van der Waals surface area contributed by atoms with Crippen LogP contribution >= 0.6 is 0 Å². The lowest BCUT2D eigenvalue weighted by atomic mass is 9.99. The SMILES string of the molecule is CCCCc1ccc(N(c2ccc(CCCC)cc2)c2ccc(-c3ccc(-c4ccc(N(c5cccc(C)c5)c5cccc(C)c5)cc4)cc3)cc2)cc1. The lowest BCUT2D eigenvalue weighted by Gasteiger charge is -2.26. The number of aryl methyl sites for hydroxylation is 4. The van der Waals surface area contributed by atoms with Crippen LogP contribution in [0.3, 0.4) is 0 Å². The average Bonchev–Trinajstić information content (AvgIpc) is 3.21. The number of rotatable bonds is 14. The fourth-order valence-corrected chi connectivity index (χ4v) is 7.27. The highest BCUT2D eigenvalue weighted by Gasteiger charge is 2.15. The summed E-state index contributed by atoms with van der Waals surface area (Å²) < 4.78 is 0. The Morgan fingerprint density at radius 3 is 0.944 bits per heavy atom. The van der Waals surface area contributed by atoms with Crippen LogP contribution in [0, 0.1) is 13.8 Å². The Hall–Kier alpha value is -5.86. The summed E-state index contributed by atoms with van der Waals surface area (Å²) in [7, 11) is 0. The topological polar surface area (TPSA) is 6.48 Å². The van der Waals surface area contributed by atoms with Gasteiger partial charge in [0.25, 0.3) is 0 Å². The van der Waals surface area contributed by atoms with Crippen LogP contribution in [0.15, 0.2) is 170 Å². The molecule has 0 amide bonds. The van der Waals surface area contributed by atoms with Gasteiger partial charge in [-0.05, 0) is 157 Å². The van der Waals surface area contributed by atoms with Crippen LogP contribution in [0.1, 0.15) is 61.8 Å². The van der Waals surface area contributed by atoms with E-state index in [4.69, 9.17) is 0 Å². The minimum Gasteiger partial charge on any atom is -0.311 e. The van der Waals surface area contributed by atoms with E-state index < -0.39 is 0 Å². The molecule has 0 radical (unpaired) electrons. The molecule has 0 aromatic heterocycles. The molecule has 7 rings (SSSR count). The van der Waals surface area contributed by atoms with Crippen molar-refractivity contribution < 1.29 is 0 Å². The second-order valence-electron chi connectivity index (χ2n) is 14.6. The van der Waals surface area contributed by atoms with Crippen molar-refractivity contribution in [1.29, 1.82) is 0 Å². The fourth-order valence-electron chi connectivity index (χ4n) is 7.27. The zero-order chi connectivity index (χ0) is 37.3. The maximum absolute atomic E-state index is 2.38. The van der Waals surface area contributed by atoms with E-state index in [2.05, 4.69) is 207 Å². The van der Waals surface area contributed by atoms with Gasteiger partial charge in [0.1, 0.15) is 0 Å². The van der Waals surface area contributed by atoms with Gasteiger partial charge in [0.15, 0.2) is 0 Å². The summed E-state index contributed by atoms with van der Waals surface area (Å²) in [5.74, 6) is 0. The maximum atomic E-state index is 2.38. The molecule has 0 atom stereocenters. The predicted octanol–water partition coefficient (Wildman–Crippen LogP) is 15.3. The third-order valence-corrected chi connectivity index (χ3v) is 10.3. The van der Waals surface area contributed by atoms with Crippen LogP contribution < -0.4 is 9.80 Å². The quantitative estimate of drug-likeness (QED) is 0.111. The van der Waals surface area contributed by atoms with Crippen LogP contribution in [0.25, 0.3) is 22.3 Å². The molecule has 7 aromatic carbocycles. The van der Waals surface area contributed by atoms with Crippen LogP contribution in [0.2, 0.25) is 0 Å². The molecule has 0 fully saturated rings. The Kier molecular flexibility index (Phi) is 11.7. The Labute approximate surface area is 323 Å². The molecule has 0 unspecified atom stereocenters. The Bertz CT molecular complexity index is 2130. The molecule has 0 saturated heterocycles. The first-order valence-electron chi connectivity index (χ1n) is 19.7. The minimum atomic E-state index is 1.13. The van der Waals surface area contributed by atoms with E-state index in [0.717, 1.165) is 35.6 Å². The summed E-state index contributed by atoms with van der Waals surface area (Å²) in [5, 5.41) is 0. The molecule has 270 valence electrons. The number of benzene rings is 7. The highest BCUT2D eigenvalue weighted by molar-refractivity contribution is 5.81. The lowest BCUT2D eigenvalue weighted by Crippen LogP contribution is -2.10. The maximum Gasteiger partial charge on any atom is 0.0464 e. The van der Waals surface area contributed by atoms with Gasteiger partial charge in [0.05, 0.1) is 0 Å². The third-order valence-electron chi connectivity index (χ3n) is 10.3. The van der Waals surface area contributed by atoms with Crippen LogP contribution in [-0.2, 0) is 12.8 Å². The normalized spacial score (nSPS) is 11.0. The van der Waals surface area contributed by atoms with E-state index in [1.165, 1.54) is 81.6 Å². The molecule has 0 saturated carbocycles. The average molecular weight is 705 g/mol. The van der Waals surface area contributed by atoms with Crippen LogP contribution in [0.4, 0.5) is 34.1 Å². The van der Waals surface area contributed by atoms with Gasteiger partial charge in [0.2, 0.25) is 0 Å². The first-order chi connectivity index (χ1) is 26.5. The van der Waals surface area contributed by atoms with Crippen molar-refractivity contribution in [2.45, 2.75) is 66.2 Å². The summed E-state index contributed by atoms with van der Waals surface area (Å²) in [6.07, 6.45) is 7.12. The molecule has 2 nitrogen and oxygen atoms in total. The zero-order valence-corrected chi connectivity index (χ0v) is 32.3. The van der Waals surface area contributed by atoms with E-state index in [-0.39, 0.29) is 0 Å². The number of hydrogen-bond acceptors (Lipinski definition) is 2. The summed E-state index contributed by atoms with van der Waals surface area (Å²) >= 11 is 0. The summed E-state index contributed by atoms with van der Waals surface area (Å²) in [6, 6.07) is 62.6. The van der Waals surface area contributed by atoms with Crippen molar-refractivity contribution in [3.63, 3.8) is 0 Å². The van der Waals surface area contributed by atoms with E-state index in [9.17, 15) is 0 Å². The van der Waals surface area contributed by atoms with Crippen molar-refractivity contribution in [3.05, 3.63) is 192 Å². The molecule has 0 heterocycles. The lowest BCUT2D eigenvalue weighted by molar-refractivity contribution is 0.795. The Morgan fingerprint density at radius 1 is 0.333 bits per heavy atom. The summed E-state index contributed by atoms with van der Waals surface area (Å²) in [5.41, 5.74) is 17.1. The number of anilines is 6. The van der Waals surface area contributed by atoms with E-state index in [0.29, 0.717) is 0 Å². The third kappa shape index (κ3) is 8.67. The number of unbranched alkanes of at least 4 members (excludes halogenated alkanes) is 2. The van der Waals surface area contributed by atoms with Gasteiger partial charge in [-0.2, -0.15) is 0 Å². The molecule has 0 bridgehead atoms. The molecule has 0 spiro atoms. The first kappa shape index (κ1) is 36.5. The Morgan fingerprint density at radius 2 is 0.630 bits per heavy atom. The predicted molar refractivity (Wildman–Crippen MR) is 233 cm³/mol. The number of hydrogen-bond donors (Lipinski definition) is 0. The molecule has 2 heteroatoms. The molecule has 7 aromatic rings. The summed E-state index contributed by atoms with van der Waals surface area (Å²) in [6.45, 7) is 8.81. The highest BCUT2D eigenvalue weighted by atomic mass is 15.1. The van der Waals surface area contributed by atoms with Crippen molar-refractivity contribution in [2.24, 2.45) is 0 Å². The van der Waals surface area contributed by atoms with Gasteiger partial charge in [-0.1, -0.05) is 124 Å². The first-order valence-corrected chi connectivity index (χ1v) is 19.7. The van der Waals surface area contributed by atoms with Gasteiger partial charge in [-0.15, -0.1) is 0 Å². The van der Waals surface area contributed by atoms with E-state index >= 15 is 0 Å². The van der Waals surface area contributed by atoms with Crippen molar-refractivity contribution in [1.82, 2.24) is 0 Å². The van der Waals surface area contributed by atoms with Gasteiger partial charge < -0.3 is 9.80 Å². The van der Waals surface area contributed by atoms with Crippen LogP contribution in [0.5, 0.6) is 0 Å². The zero-order valence-electron chi connectivity index (χ0n) is 32.3. The van der Waals surface area contributed by atoms with Gasteiger partial charge in [0, 0.05) is 34.1 Å². The van der Waals surface area contributed by atoms with Crippen molar-refractivity contribution >= 4 is 34.1 Å². The second kappa shape index (κ2) is 17.3. The van der Waals surface area contributed by atoms with Gasteiger partial charge >= 0.3 is 0 Å². The standard InChI is InChI=1S/C52H52N2/c1-5-7-13-41-17-29-47(30-18-41)53(48-31-19-42(20-32-48)14-8-6-2)49-33-25-45(26-34-49)43-21-23-44(24-22-43)46-27-35-50(36-28-46)54(51-15-9-11-39(3)37-51)52-16-10-12-40(4)38-52/h9-12,15-38H,5-8,13-14H2,1-4H3. The highest BCUT2D eigenvalue weighted by Crippen LogP contribution is 2.38. The summed E-state index contributed by atoms with van der Waals surface area (Å²) in [4.78, 5) is 4.71. The molecular formula is C52H52N2. The smallest absolute Gasteiger partial charge is 0.0464 e. The minimum absolute atomic E-state index is 1.13. The molecule has 54 heavy (non-hydrogen) atoms. The van der Waals surface area contributed by atoms with E-state index in [1.54, 1.807) is 0 Å². The molecule has 0 N–H and O–H groups in total. The molecular weight excluding hydrogens is 653 g/mol. The monoisotopic (exact) mass is 704 g/mol. The van der Waals surface area contributed by atoms with Crippen LogP contribution in [-0.4, -0.2) is 0 Å². The van der Waals surface area contributed by atoms with E-state index in [1.807, 2.05) is 0 Å². The van der Waals surface area contributed by atoms with Gasteiger partial charge in [-0.3, -0.25) is 0 Å². The molecule has 0 aliphatic carbocycles.